The lowest BCUT2D eigenvalue weighted by atomic mass is 9.92. The minimum Gasteiger partial charge on any atom is -0.384 e. The smallest absolute Gasteiger partial charge is 0.105 e. The highest BCUT2D eigenvalue weighted by molar-refractivity contribution is 5.15. The van der Waals surface area contributed by atoms with Crippen LogP contribution >= 0.6 is 0 Å². The molecule has 80 valence electrons. The third kappa shape index (κ3) is 2.13. The second-order valence-corrected chi connectivity index (χ2v) is 3.57. The standard InChI is InChI=1S/C10H19N3O/c1-3-5-10(14,8-11)9-6-12-13(4-2)7-9/h6-7,14H,3-5,8,11H2,1-2H3. The number of hydrogen-bond donors (Lipinski definition) is 2. The van der Waals surface area contributed by atoms with Gasteiger partial charge in [0.25, 0.3) is 0 Å². The number of nitrogens with two attached hydrogens (primary N) is 1. The molecular formula is C10H19N3O. The molecule has 1 aromatic rings. The van der Waals surface area contributed by atoms with E-state index in [0.29, 0.717) is 6.42 Å². The molecule has 0 spiro atoms. The Bertz CT molecular complexity index is 285. The summed E-state index contributed by atoms with van der Waals surface area (Å²) in [5.41, 5.74) is 5.51. The SMILES string of the molecule is CCCC(O)(CN)c1cnn(CC)c1. The molecule has 1 rings (SSSR count). The van der Waals surface area contributed by atoms with Gasteiger partial charge in [-0.3, -0.25) is 4.68 Å². The molecule has 0 saturated carbocycles. The predicted octanol–water partition coefficient (Wildman–Crippen LogP) is 0.849. The highest BCUT2D eigenvalue weighted by atomic mass is 16.3. The molecule has 0 saturated heterocycles. The van der Waals surface area contributed by atoms with Gasteiger partial charge in [0.05, 0.1) is 6.20 Å². The molecule has 0 aliphatic rings. The zero-order chi connectivity index (χ0) is 10.6. The Morgan fingerprint density at radius 2 is 2.29 bits per heavy atom. The quantitative estimate of drug-likeness (QED) is 0.735. The summed E-state index contributed by atoms with van der Waals surface area (Å²) in [5, 5.41) is 14.4. The molecule has 0 aliphatic carbocycles. The van der Waals surface area contributed by atoms with E-state index in [4.69, 9.17) is 5.73 Å². The van der Waals surface area contributed by atoms with Crippen molar-refractivity contribution in [2.75, 3.05) is 6.54 Å². The van der Waals surface area contributed by atoms with Gasteiger partial charge in [-0.25, -0.2) is 0 Å². The number of aryl methyl sites for hydroxylation is 1. The topological polar surface area (TPSA) is 64.1 Å². The predicted molar refractivity (Wildman–Crippen MR) is 55.8 cm³/mol. The number of aliphatic hydroxyl groups is 1. The fraction of sp³-hybridized carbons (Fsp3) is 0.700. The van der Waals surface area contributed by atoms with E-state index < -0.39 is 5.60 Å². The van der Waals surface area contributed by atoms with E-state index in [2.05, 4.69) is 5.10 Å². The maximum atomic E-state index is 10.2. The summed E-state index contributed by atoms with van der Waals surface area (Å²) in [6.07, 6.45) is 5.15. The van der Waals surface area contributed by atoms with Crippen LogP contribution in [-0.4, -0.2) is 21.4 Å². The molecule has 0 radical (unpaired) electrons. The summed E-state index contributed by atoms with van der Waals surface area (Å²) >= 11 is 0. The maximum Gasteiger partial charge on any atom is 0.105 e. The van der Waals surface area contributed by atoms with Crippen LogP contribution in [0.1, 0.15) is 32.3 Å². The average molecular weight is 197 g/mol. The van der Waals surface area contributed by atoms with E-state index in [1.165, 1.54) is 0 Å². The van der Waals surface area contributed by atoms with Crippen molar-refractivity contribution in [2.45, 2.75) is 38.8 Å². The van der Waals surface area contributed by atoms with Crippen molar-refractivity contribution < 1.29 is 5.11 Å². The monoisotopic (exact) mass is 197 g/mol. The molecule has 0 aliphatic heterocycles. The fourth-order valence-electron chi connectivity index (χ4n) is 1.55. The first-order chi connectivity index (χ1) is 6.66. The Labute approximate surface area is 84.7 Å². The summed E-state index contributed by atoms with van der Waals surface area (Å²) in [5.74, 6) is 0. The normalized spacial score (nSPS) is 15.4. The maximum absolute atomic E-state index is 10.2. The second kappa shape index (κ2) is 4.57. The lowest BCUT2D eigenvalue weighted by molar-refractivity contribution is 0.0358. The Morgan fingerprint density at radius 1 is 1.57 bits per heavy atom. The van der Waals surface area contributed by atoms with Gasteiger partial charge < -0.3 is 10.8 Å². The van der Waals surface area contributed by atoms with Gasteiger partial charge >= 0.3 is 0 Å². The number of aromatic nitrogens is 2. The molecule has 4 heteroatoms. The Kier molecular flexibility index (Phi) is 3.66. The summed E-state index contributed by atoms with van der Waals surface area (Å²) in [6.45, 7) is 5.10. The van der Waals surface area contributed by atoms with Crippen LogP contribution in [0.5, 0.6) is 0 Å². The Balaban J connectivity index is 2.87. The van der Waals surface area contributed by atoms with Gasteiger partial charge in [0.15, 0.2) is 0 Å². The van der Waals surface area contributed by atoms with Crippen molar-refractivity contribution in [3.8, 4) is 0 Å². The van der Waals surface area contributed by atoms with Crippen molar-refractivity contribution in [1.29, 1.82) is 0 Å². The molecule has 14 heavy (non-hydrogen) atoms. The van der Waals surface area contributed by atoms with Gasteiger partial charge in [-0.1, -0.05) is 13.3 Å². The van der Waals surface area contributed by atoms with Crippen LogP contribution < -0.4 is 5.73 Å². The highest BCUT2D eigenvalue weighted by Gasteiger charge is 2.27. The molecule has 0 amide bonds. The van der Waals surface area contributed by atoms with E-state index in [1.807, 2.05) is 20.0 Å². The van der Waals surface area contributed by atoms with Crippen molar-refractivity contribution in [3.63, 3.8) is 0 Å². The summed E-state index contributed by atoms with van der Waals surface area (Å²) < 4.78 is 1.80. The first-order valence-electron chi connectivity index (χ1n) is 5.11. The molecular weight excluding hydrogens is 178 g/mol. The largest absolute Gasteiger partial charge is 0.384 e. The van der Waals surface area contributed by atoms with Crippen molar-refractivity contribution in [1.82, 2.24) is 9.78 Å². The molecule has 1 atom stereocenters. The minimum absolute atomic E-state index is 0.246. The summed E-state index contributed by atoms with van der Waals surface area (Å²) in [7, 11) is 0. The molecule has 0 fully saturated rings. The lowest BCUT2D eigenvalue weighted by Crippen LogP contribution is -2.34. The second-order valence-electron chi connectivity index (χ2n) is 3.57. The molecule has 0 aromatic carbocycles. The lowest BCUT2D eigenvalue weighted by Gasteiger charge is -2.24. The zero-order valence-electron chi connectivity index (χ0n) is 8.90. The van der Waals surface area contributed by atoms with E-state index in [0.717, 1.165) is 18.5 Å². The van der Waals surface area contributed by atoms with Gasteiger partial charge in [-0.15, -0.1) is 0 Å². The van der Waals surface area contributed by atoms with Crippen LogP contribution in [0, 0.1) is 0 Å². The van der Waals surface area contributed by atoms with E-state index in [1.54, 1.807) is 10.9 Å². The zero-order valence-corrected chi connectivity index (χ0v) is 8.90. The Morgan fingerprint density at radius 3 is 2.71 bits per heavy atom. The van der Waals surface area contributed by atoms with E-state index >= 15 is 0 Å². The highest BCUT2D eigenvalue weighted by Crippen LogP contribution is 2.24. The fourth-order valence-corrected chi connectivity index (χ4v) is 1.55. The van der Waals surface area contributed by atoms with Crippen molar-refractivity contribution in [3.05, 3.63) is 18.0 Å². The van der Waals surface area contributed by atoms with Gasteiger partial charge in [0.1, 0.15) is 5.60 Å². The van der Waals surface area contributed by atoms with Crippen molar-refractivity contribution >= 4 is 0 Å². The summed E-state index contributed by atoms with van der Waals surface area (Å²) in [4.78, 5) is 0. The van der Waals surface area contributed by atoms with E-state index in [9.17, 15) is 5.11 Å². The van der Waals surface area contributed by atoms with Crippen LogP contribution in [-0.2, 0) is 12.1 Å². The molecule has 3 N–H and O–H groups in total. The average Bonchev–Trinajstić information content (AvgIpc) is 2.66. The molecule has 1 aromatic heterocycles. The number of nitrogens with zero attached hydrogens (tertiary/aromatic N) is 2. The van der Waals surface area contributed by atoms with Gasteiger partial charge in [0.2, 0.25) is 0 Å². The van der Waals surface area contributed by atoms with Crippen LogP contribution in [0.3, 0.4) is 0 Å². The van der Waals surface area contributed by atoms with Gasteiger partial charge in [-0.2, -0.15) is 5.10 Å². The minimum atomic E-state index is -0.901. The summed E-state index contributed by atoms with van der Waals surface area (Å²) in [6, 6.07) is 0. The number of rotatable bonds is 5. The van der Waals surface area contributed by atoms with Crippen LogP contribution in [0.2, 0.25) is 0 Å². The Hall–Kier alpha value is -0.870. The molecule has 1 unspecified atom stereocenters. The third-order valence-corrected chi connectivity index (χ3v) is 2.50. The first-order valence-corrected chi connectivity index (χ1v) is 5.11. The van der Waals surface area contributed by atoms with Crippen LogP contribution in [0.4, 0.5) is 0 Å². The van der Waals surface area contributed by atoms with Gasteiger partial charge in [-0.05, 0) is 13.3 Å². The molecule has 4 nitrogen and oxygen atoms in total. The van der Waals surface area contributed by atoms with Crippen molar-refractivity contribution in [2.24, 2.45) is 5.73 Å². The third-order valence-electron chi connectivity index (χ3n) is 2.50. The van der Waals surface area contributed by atoms with Gasteiger partial charge in [0, 0.05) is 24.8 Å². The number of hydrogen-bond acceptors (Lipinski definition) is 3. The first kappa shape index (κ1) is 11.2. The van der Waals surface area contributed by atoms with Crippen LogP contribution in [0.15, 0.2) is 12.4 Å². The van der Waals surface area contributed by atoms with Crippen LogP contribution in [0.25, 0.3) is 0 Å². The van der Waals surface area contributed by atoms with E-state index in [-0.39, 0.29) is 6.54 Å². The molecule has 0 bridgehead atoms. The molecule has 1 heterocycles.